The van der Waals surface area contributed by atoms with Crippen LogP contribution in [0.2, 0.25) is 0 Å². The van der Waals surface area contributed by atoms with Crippen molar-refractivity contribution in [2.24, 2.45) is 0 Å². The van der Waals surface area contributed by atoms with Gasteiger partial charge in [-0.3, -0.25) is 0 Å². The van der Waals surface area contributed by atoms with Gasteiger partial charge in [-0.1, -0.05) is 0 Å². The first kappa shape index (κ1) is 9.64. The number of hydrogen-bond donors (Lipinski definition) is 0. The summed E-state index contributed by atoms with van der Waals surface area (Å²) in [7, 11) is 0. The normalized spacial score (nSPS) is 10.5. The molecule has 0 aliphatic carbocycles. The van der Waals surface area contributed by atoms with Gasteiger partial charge in [0.05, 0.1) is 11.8 Å². The van der Waals surface area contributed by atoms with E-state index in [1.807, 2.05) is 6.92 Å². The first-order valence-electron chi connectivity index (χ1n) is 4.04. The van der Waals surface area contributed by atoms with Crippen molar-refractivity contribution >= 4 is 22.6 Å². The number of benzene rings is 1. The molecule has 14 heavy (non-hydrogen) atoms. The molecular weight excluding hydrogens is 296 g/mol. The van der Waals surface area contributed by atoms with E-state index in [9.17, 15) is 4.39 Å². The summed E-state index contributed by atoms with van der Waals surface area (Å²) >= 11 is 2.12. The molecule has 4 heteroatoms. The van der Waals surface area contributed by atoms with Gasteiger partial charge in [-0.2, -0.15) is 0 Å². The first-order valence-corrected chi connectivity index (χ1v) is 5.12. The average molecular weight is 303 g/mol. The highest BCUT2D eigenvalue weighted by molar-refractivity contribution is 14.1. The number of oxazole rings is 1. The fraction of sp³-hybridized carbons (Fsp3) is 0.100. The minimum absolute atomic E-state index is 0.281. The van der Waals surface area contributed by atoms with E-state index in [1.165, 1.54) is 12.1 Å². The van der Waals surface area contributed by atoms with Crippen LogP contribution in [0, 0.1) is 16.3 Å². The maximum atomic E-state index is 13.0. The fourth-order valence-corrected chi connectivity index (χ4v) is 1.71. The Kier molecular flexibility index (Phi) is 2.54. The molecule has 0 saturated carbocycles. The van der Waals surface area contributed by atoms with Crippen LogP contribution in [0.5, 0.6) is 0 Å². The molecule has 0 amide bonds. The van der Waals surface area contributed by atoms with E-state index in [0.29, 0.717) is 11.5 Å². The van der Waals surface area contributed by atoms with Gasteiger partial charge in [0.2, 0.25) is 5.89 Å². The number of halogens is 2. The van der Waals surface area contributed by atoms with Gasteiger partial charge < -0.3 is 4.42 Å². The predicted molar refractivity (Wildman–Crippen MR) is 59.4 cm³/mol. The molecular formula is C10H7FINO. The lowest BCUT2D eigenvalue weighted by atomic mass is 10.2. The summed E-state index contributed by atoms with van der Waals surface area (Å²) in [6.45, 7) is 1.81. The van der Waals surface area contributed by atoms with Crippen LogP contribution in [-0.4, -0.2) is 4.98 Å². The van der Waals surface area contributed by atoms with Crippen LogP contribution in [0.4, 0.5) is 4.39 Å². The Balaban J connectivity index is 2.55. The number of rotatable bonds is 1. The standard InChI is InChI=1S/C10H7FINO/c1-6-5-13-10(14-6)8-4-7(11)2-3-9(8)12/h2-5H,1H3. The van der Waals surface area contributed by atoms with E-state index in [-0.39, 0.29) is 5.82 Å². The van der Waals surface area contributed by atoms with Crippen LogP contribution in [0.25, 0.3) is 11.5 Å². The van der Waals surface area contributed by atoms with E-state index in [2.05, 4.69) is 27.6 Å². The second-order valence-electron chi connectivity index (χ2n) is 2.90. The van der Waals surface area contributed by atoms with E-state index in [0.717, 1.165) is 9.33 Å². The maximum absolute atomic E-state index is 13.0. The molecule has 0 bridgehead atoms. The number of nitrogens with zero attached hydrogens (tertiary/aromatic N) is 1. The van der Waals surface area contributed by atoms with Gasteiger partial charge in [0.25, 0.3) is 0 Å². The molecule has 72 valence electrons. The van der Waals surface area contributed by atoms with Gasteiger partial charge in [0, 0.05) is 3.57 Å². The van der Waals surface area contributed by atoms with Crippen LogP contribution in [0.3, 0.4) is 0 Å². The lowest BCUT2D eigenvalue weighted by Gasteiger charge is -1.99. The third-order valence-corrected chi connectivity index (χ3v) is 2.72. The molecule has 2 nitrogen and oxygen atoms in total. The highest BCUT2D eigenvalue weighted by atomic mass is 127. The molecule has 1 aromatic heterocycles. The zero-order valence-electron chi connectivity index (χ0n) is 7.42. The molecule has 0 saturated heterocycles. The first-order chi connectivity index (χ1) is 6.66. The zero-order valence-corrected chi connectivity index (χ0v) is 9.58. The molecule has 0 spiro atoms. The lowest BCUT2D eigenvalue weighted by Crippen LogP contribution is -1.84. The Labute approximate surface area is 94.3 Å². The van der Waals surface area contributed by atoms with Crippen LogP contribution in [0.15, 0.2) is 28.8 Å². The average Bonchev–Trinajstić information content (AvgIpc) is 2.56. The van der Waals surface area contributed by atoms with E-state index >= 15 is 0 Å². The van der Waals surface area contributed by atoms with Gasteiger partial charge in [0.15, 0.2) is 0 Å². The van der Waals surface area contributed by atoms with Crippen molar-refractivity contribution < 1.29 is 8.81 Å². The van der Waals surface area contributed by atoms with Crippen LogP contribution < -0.4 is 0 Å². The molecule has 2 rings (SSSR count). The van der Waals surface area contributed by atoms with Crippen molar-refractivity contribution in [3.8, 4) is 11.5 Å². The topological polar surface area (TPSA) is 26.0 Å². The molecule has 0 radical (unpaired) electrons. The van der Waals surface area contributed by atoms with Crippen molar-refractivity contribution in [3.05, 3.63) is 39.5 Å². The molecule has 0 atom stereocenters. The highest BCUT2D eigenvalue weighted by Gasteiger charge is 2.09. The molecule has 1 heterocycles. The van der Waals surface area contributed by atoms with Gasteiger partial charge in [-0.25, -0.2) is 9.37 Å². The largest absolute Gasteiger partial charge is 0.441 e. The van der Waals surface area contributed by atoms with E-state index < -0.39 is 0 Å². The summed E-state index contributed by atoms with van der Waals surface area (Å²) in [6.07, 6.45) is 1.62. The minimum atomic E-state index is -0.281. The van der Waals surface area contributed by atoms with Crippen LogP contribution >= 0.6 is 22.6 Å². The zero-order chi connectivity index (χ0) is 10.1. The molecule has 0 N–H and O–H groups in total. The predicted octanol–water partition coefficient (Wildman–Crippen LogP) is 3.39. The quantitative estimate of drug-likeness (QED) is 0.755. The van der Waals surface area contributed by atoms with Gasteiger partial charge >= 0.3 is 0 Å². The monoisotopic (exact) mass is 303 g/mol. The third kappa shape index (κ3) is 1.79. The van der Waals surface area contributed by atoms with Crippen molar-refractivity contribution in [1.29, 1.82) is 0 Å². The molecule has 0 aliphatic heterocycles. The Morgan fingerprint density at radius 2 is 2.21 bits per heavy atom. The van der Waals surface area contributed by atoms with E-state index in [4.69, 9.17) is 4.42 Å². The van der Waals surface area contributed by atoms with Crippen molar-refractivity contribution in [2.45, 2.75) is 6.92 Å². The highest BCUT2D eigenvalue weighted by Crippen LogP contribution is 2.25. The minimum Gasteiger partial charge on any atom is -0.441 e. The summed E-state index contributed by atoms with van der Waals surface area (Å²) in [6, 6.07) is 4.54. The number of aryl methyl sites for hydroxylation is 1. The third-order valence-electron chi connectivity index (χ3n) is 1.78. The Morgan fingerprint density at radius 3 is 2.86 bits per heavy atom. The molecule has 0 fully saturated rings. The number of hydrogen-bond acceptors (Lipinski definition) is 2. The molecule has 1 aromatic carbocycles. The Bertz CT molecular complexity index is 467. The van der Waals surface area contributed by atoms with Crippen molar-refractivity contribution in [1.82, 2.24) is 4.98 Å². The summed E-state index contributed by atoms with van der Waals surface area (Å²) in [5.41, 5.74) is 0.693. The molecule has 0 aliphatic rings. The Morgan fingerprint density at radius 1 is 1.43 bits per heavy atom. The van der Waals surface area contributed by atoms with Crippen LogP contribution in [-0.2, 0) is 0 Å². The summed E-state index contributed by atoms with van der Waals surface area (Å²) in [5, 5.41) is 0. The summed E-state index contributed by atoms with van der Waals surface area (Å²) in [5.74, 6) is 0.905. The molecule has 0 unspecified atom stereocenters. The van der Waals surface area contributed by atoms with Crippen molar-refractivity contribution in [2.75, 3.05) is 0 Å². The van der Waals surface area contributed by atoms with Crippen molar-refractivity contribution in [3.63, 3.8) is 0 Å². The van der Waals surface area contributed by atoms with Gasteiger partial charge in [-0.15, -0.1) is 0 Å². The maximum Gasteiger partial charge on any atom is 0.227 e. The number of aromatic nitrogens is 1. The molecule has 2 aromatic rings. The fourth-order valence-electron chi connectivity index (χ4n) is 1.14. The SMILES string of the molecule is Cc1cnc(-c2cc(F)ccc2I)o1. The van der Waals surface area contributed by atoms with Gasteiger partial charge in [0.1, 0.15) is 11.6 Å². The summed E-state index contributed by atoms with van der Waals surface area (Å²) < 4.78 is 19.2. The second-order valence-corrected chi connectivity index (χ2v) is 4.06. The van der Waals surface area contributed by atoms with Crippen LogP contribution in [0.1, 0.15) is 5.76 Å². The second kappa shape index (κ2) is 3.68. The summed E-state index contributed by atoms with van der Waals surface area (Å²) in [4.78, 5) is 4.05. The Hall–Kier alpha value is -0.910. The van der Waals surface area contributed by atoms with Gasteiger partial charge in [-0.05, 0) is 47.7 Å². The lowest BCUT2D eigenvalue weighted by molar-refractivity contribution is 0.541. The smallest absolute Gasteiger partial charge is 0.227 e. The van der Waals surface area contributed by atoms with E-state index in [1.54, 1.807) is 12.3 Å².